The fraction of sp³-hybridized carbons (Fsp3) is 0.421. The second-order valence-corrected chi connectivity index (χ2v) is 7.29. The van der Waals surface area contributed by atoms with Gasteiger partial charge in [0, 0.05) is 37.9 Å². The van der Waals surface area contributed by atoms with Gasteiger partial charge in [-0.25, -0.2) is 9.37 Å². The number of hydrogen-bond donors (Lipinski definition) is 2. The van der Waals surface area contributed by atoms with Gasteiger partial charge in [0.2, 0.25) is 5.95 Å². The molecule has 2 N–H and O–H groups in total. The van der Waals surface area contributed by atoms with Crippen LogP contribution in [0.1, 0.15) is 36.0 Å². The standard InChI is InChI=1S/C19H23ClFN5O/c1-26(2)19-22-10-9-17(25-19)23-15-5-3-4-6-16(15)24-18(27)12-7-8-14(21)13(20)11-12/h7-11,15-16H,3-6H2,1-2H3,(H,24,27)(H,22,23,25). The van der Waals surface area contributed by atoms with Crippen molar-refractivity contribution in [3.63, 3.8) is 0 Å². The van der Waals surface area contributed by atoms with Crippen LogP contribution in [-0.4, -0.2) is 42.1 Å². The Morgan fingerprint density at radius 2 is 1.96 bits per heavy atom. The number of nitrogens with zero attached hydrogens (tertiary/aromatic N) is 3. The van der Waals surface area contributed by atoms with E-state index >= 15 is 0 Å². The predicted molar refractivity (Wildman–Crippen MR) is 105 cm³/mol. The number of benzene rings is 1. The van der Waals surface area contributed by atoms with Crippen molar-refractivity contribution in [1.82, 2.24) is 15.3 Å². The zero-order chi connectivity index (χ0) is 19.4. The van der Waals surface area contributed by atoms with Gasteiger partial charge in [0.15, 0.2) is 0 Å². The Hall–Kier alpha value is -2.41. The molecule has 1 aromatic carbocycles. The first kappa shape index (κ1) is 19.4. The number of amides is 1. The van der Waals surface area contributed by atoms with Crippen molar-refractivity contribution in [2.45, 2.75) is 37.8 Å². The van der Waals surface area contributed by atoms with Gasteiger partial charge in [-0.05, 0) is 37.1 Å². The van der Waals surface area contributed by atoms with Crippen LogP contribution in [0.2, 0.25) is 5.02 Å². The van der Waals surface area contributed by atoms with Crippen LogP contribution in [0.25, 0.3) is 0 Å². The van der Waals surface area contributed by atoms with Crippen molar-refractivity contribution in [3.8, 4) is 0 Å². The molecule has 0 radical (unpaired) electrons. The van der Waals surface area contributed by atoms with E-state index in [2.05, 4.69) is 20.6 Å². The van der Waals surface area contributed by atoms with Crippen LogP contribution in [0, 0.1) is 5.82 Å². The van der Waals surface area contributed by atoms with Crippen molar-refractivity contribution in [3.05, 3.63) is 46.9 Å². The SMILES string of the molecule is CN(C)c1nccc(NC2CCCCC2NC(=O)c2ccc(F)c(Cl)c2)n1. The largest absolute Gasteiger partial charge is 0.365 e. The number of halogens is 2. The Morgan fingerprint density at radius 3 is 2.67 bits per heavy atom. The number of anilines is 2. The molecule has 0 saturated heterocycles. The van der Waals surface area contributed by atoms with Crippen LogP contribution in [0.15, 0.2) is 30.5 Å². The minimum Gasteiger partial charge on any atom is -0.365 e. The molecule has 1 saturated carbocycles. The summed E-state index contributed by atoms with van der Waals surface area (Å²) in [5.41, 5.74) is 0.350. The first-order valence-corrected chi connectivity index (χ1v) is 9.34. The molecule has 3 rings (SSSR count). The molecule has 0 aliphatic heterocycles. The fourth-order valence-corrected chi connectivity index (χ4v) is 3.38. The van der Waals surface area contributed by atoms with E-state index in [1.807, 2.05) is 25.1 Å². The van der Waals surface area contributed by atoms with E-state index in [1.54, 1.807) is 6.20 Å². The molecule has 2 atom stereocenters. The summed E-state index contributed by atoms with van der Waals surface area (Å²) < 4.78 is 13.3. The van der Waals surface area contributed by atoms with E-state index in [0.29, 0.717) is 11.5 Å². The van der Waals surface area contributed by atoms with Crippen molar-refractivity contribution >= 4 is 29.3 Å². The topological polar surface area (TPSA) is 70.2 Å². The van der Waals surface area contributed by atoms with Gasteiger partial charge in [0.25, 0.3) is 5.91 Å². The Labute approximate surface area is 163 Å². The molecule has 1 aromatic heterocycles. The lowest BCUT2D eigenvalue weighted by Crippen LogP contribution is -2.48. The average molecular weight is 392 g/mol. The highest BCUT2D eigenvalue weighted by atomic mass is 35.5. The normalized spacial score (nSPS) is 19.4. The molecule has 1 aliphatic rings. The minimum absolute atomic E-state index is 0.0483. The van der Waals surface area contributed by atoms with E-state index in [9.17, 15) is 9.18 Å². The lowest BCUT2D eigenvalue weighted by Gasteiger charge is -2.33. The minimum atomic E-state index is -0.536. The molecule has 1 aliphatic carbocycles. The second-order valence-electron chi connectivity index (χ2n) is 6.88. The van der Waals surface area contributed by atoms with E-state index in [0.717, 1.165) is 31.5 Å². The number of hydrogen-bond acceptors (Lipinski definition) is 5. The van der Waals surface area contributed by atoms with Crippen LogP contribution in [0.3, 0.4) is 0 Å². The highest BCUT2D eigenvalue weighted by molar-refractivity contribution is 6.31. The molecule has 2 aromatic rings. The summed E-state index contributed by atoms with van der Waals surface area (Å²) in [7, 11) is 3.77. The van der Waals surface area contributed by atoms with Gasteiger partial charge in [0.05, 0.1) is 5.02 Å². The first-order chi connectivity index (χ1) is 12.9. The monoisotopic (exact) mass is 391 g/mol. The zero-order valence-corrected chi connectivity index (χ0v) is 16.1. The summed E-state index contributed by atoms with van der Waals surface area (Å²) in [4.78, 5) is 23.1. The molecule has 0 spiro atoms. The van der Waals surface area contributed by atoms with Crippen LogP contribution in [0.4, 0.5) is 16.2 Å². The second kappa shape index (κ2) is 8.52. The average Bonchev–Trinajstić information content (AvgIpc) is 2.65. The summed E-state index contributed by atoms with van der Waals surface area (Å²) >= 11 is 5.79. The Kier molecular flexibility index (Phi) is 6.11. The lowest BCUT2D eigenvalue weighted by atomic mass is 9.90. The van der Waals surface area contributed by atoms with Crippen molar-refractivity contribution in [2.75, 3.05) is 24.3 Å². The van der Waals surface area contributed by atoms with Crippen LogP contribution >= 0.6 is 11.6 Å². The van der Waals surface area contributed by atoms with Crippen LogP contribution in [-0.2, 0) is 0 Å². The molecular weight excluding hydrogens is 369 g/mol. The van der Waals surface area contributed by atoms with Crippen molar-refractivity contribution < 1.29 is 9.18 Å². The van der Waals surface area contributed by atoms with Gasteiger partial charge < -0.3 is 15.5 Å². The Balaban J connectivity index is 1.70. The fourth-order valence-electron chi connectivity index (χ4n) is 3.20. The van der Waals surface area contributed by atoms with E-state index in [4.69, 9.17) is 11.6 Å². The van der Waals surface area contributed by atoms with E-state index in [1.165, 1.54) is 18.2 Å². The summed E-state index contributed by atoms with van der Waals surface area (Å²) in [5, 5.41) is 6.42. The third kappa shape index (κ3) is 4.86. The Bertz CT molecular complexity index is 816. The number of carbonyl (C=O) groups excluding carboxylic acids is 1. The maximum absolute atomic E-state index is 13.3. The van der Waals surface area contributed by atoms with Gasteiger partial charge in [-0.2, -0.15) is 4.98 Å². The van der Waals surface area contributed by atoms with E-state index in [-0.39, 0.29) is 23.0 Å². The summed E-state index contributed by atoms with van der Waals surface area (Å²) in [6, 6.07) is 5.83. The maximum Gasteiger partial charge on any atom is 0.251 e. The molecule has 8 heteroatoms. The number of carbonyl (C=O) groups is 1. The molecule has 6 nitrogen and oxygen atoms in total. The van der Waals surface area contributed by atoms with Crippen molar-refractivity contribution in [2.24, 2.45) is 0 Å². The van der Waals surface area contributed by atoms with Gasteiger partial charge in [-0.15, -0.1) is 0 Å². The molecule has 27 heavy (non-hydrogen) atoms. The zero-order valence-electron chi connectivity index (χ0n) is 15.4. The molecule has 1 fully saturated rings. The predicted octanol–water partition coefficient (Wildman–Crippen LogP) is 3.49. The van der Waals surface area contributed by atoms with E-state index < -0.39 is 5.82 Å². The van der Waals surface area contributed by atoms with Gasteiger partial charge in [0.1, 0.15) is 11.6 Å². The highest BCUT2D eigenvalue weighted by Gasteiger charge is 2.27. The molecule has 2 unspecified atom stereocenters. The number of rotatable bonds is 5. The van der Waals surface area contributed by atoms with Crippen LogP contribution < -0.4 is 15.5 Å². The molecule has 1 amide bonds. The quantitative estimate of drug-likeness (QED) is 0.816. The first-order valence-electron chi connectivity index (χ1n) is 8.97. The van der Waals surface area contributed by atoms with Crippen molar-refractivity contribution in [1.29, 1.82) is 0 Å². The maximum atomic E-state index is 13.3. The third-order valence-electron chi connectivity index (χ3n) is 4.64. The smallest absolute Gasteiger partial charge is 0.251 e. The molecule has 0 bridgehead atoms. The van der Waals surface area contributed by atoms with Gasteiger partial charge >= 0.3 is 0 Å². The third-order valence-corrected chi connectivity index (χ3v) is 4.93. The highest BCUT2D eigenvalue weighted by Crippen LogP contribution is 2.23. The van der Waals surface area contributed by atoms with Gasteiger partial charge in [-0.1, -0.05) is 24.4 Å². The summed E-state index contributed by atoms with van der Waals surface area (Å²) in [6.45, 7) is 0. The Morgan fingerprint density at radius 1 is 1.22 bits per heavy atom. The van der Waals surface area contributed by atoms with Crippen LogP contribution in [0.5, 0.6) is 0 Å². The summed E-state index contributed by atoms with van der Waals surface area (Å²) in [6.07, 6.45) is 5.63. The summed E-state index contributed by atoms with van der Waals surface area (Å²) in [5.74, 6) is 0.556. The number of aromatic nitrogens is 2. The lowest BCUT2D eigenvalue weighted by molar-refractivity contribution is 0.0923. The molecule has 144 valence electrons. The molecular formula is C19H23ClFN5O. The molecule has 1 heterocycles. The number of nitrogens with one attached hydrogen (secondary N) is 2. The van der Waals surface area contributed by atoms with Gasteiger partial charge in [-0.3, -0.25) is 4.79 Å².